The Morgan fingerprint density at radius 2 is 1.24 bits per heavy atom. The fraction of sp³-hybridized carbons (Fsp3) is 0.136. The normalized spacial score (nSPS) is 10.9. The molecule has 0 unspecified atom stereocenters. The van der Waals surface area contributed by atoms with Crippen molar-refractivity contribution in [1.29, 1.82) is 0 Å². The summed E-state index contributed by atoms with van der Waals surface area (Å²) >= 11 is 0. The van der Waals surface area contributed by atoms with Gasteiger partial charge >= 0.3 is 0 Å². The van der Waals surface area contributed by atoms with E-state index in [4.69, 9.17) is 0 Å². The molecule has 0 aliphatic heterocycles. The van der Waals surface area contributed by atoms with Crippen LogP contribution in [0.1, 0.15) is 21.5 Å². The summed E-state index contributed by atoms with van der Waals surface area (Å²) in [5.74, 6) is -1.10. The maximum Gasteiger partial charge on any atom is 0.276 e. The summed E-state index contributed by atoms with van der Waals surface area (Å²) in [6, 6.07) is 33.5. The standard InChI is InChI=1S/C44H39N9O5/c1-28-8-12-30(13-9-28)37-20-21-42(56)52(48-37)25-40(54)47-34-6-5-7-35(22-34)51-24-39(45-27-51)36-23-38(31-14-10-29(2)11-15-31)49-53(44(36)58)26-41(55)46-33-18-16-32(17-19-33)43(57)50(3)4/h5-24,27H,25-26H2,1-4H3,(H,46,55)(H,47,54). The zero-order chi connectivity index (χ0) is 40.9. The Hall–Kier alpha value is -7.74. The zero-order valence-electron chi connectivity index (χ0n) is 32.2. The minimum atomic E-state index is -0.528. The molecule has 3 heterocycles. The van der Waals surface area contributed by atoms with E-state index in [2.05, 4.69) is 25.8 Å². The second kappa shape index (κ2) is 16.5. The first-order valence-electron chi connectivity index (χ1n) is 18.3. The van der Waals surface area contributed by atoms with Crippen molar-refractivity contribution >= 4 is 29.1 Å². The second-order valence-corrected chi connectivity index (χ2v) is 13.9. The average molecular weight is 774 g/mol. The summed E-state index contributed by atoms with van der Waals surface area (Å²) in [4.78, 5) is 71.2. The first-order valence-corrected chi connectivity index (χ1v) is 18.3. The Balaban J connectivity index is 1.11. The van der Waals surface area contributed by atoms with Crippen LogP contribution in [0.25, 0.3) is 39.5 Å². The summed E-state index contributed by atoms with van der Waals surface area (Å²) in [6.45, 7) is 3.27. The molecule has 0 fully saturated rings. The number of hydrogen-bond donors (Lipinski definition) is 2. The summed E-state index contributed by atoms with van der Waals surface area (Å²) in [5, 5.41) is 14.6. The summed E-state index contributed by atoms with van der Waals surface area (Å²) in [5.41, 5.74) is 6.40. The van der Waals surface area contributed by atoms with E-state index in [1.165, 1.54) is 11.0 Å². The molecule has 0 saturated heterocycles. The van der Waals surface area contributed by atoms with E-state index < -0.39 is 22.9 Å². The van der Waals surface area contributed by atoms with Gasteiger partial charge in [0.15, 0.2) is 0 Å². The molecule has 0 aliphatic carbocycles. The molecule has 14 heteroatoms. The largest absolute Gasteiger partial charge is 0.345 e. The van der Waals surface area contributed by atoms with Crippen molar-refractivity contribution in [2.75, 3.05) is 24.7 Å². The van der Waals surface area contributed by atoms with Crippen molar-refractivity contribution in [3.63, 3.8) is 0 Å². The first kappa shape index (κ1) is 38.5. The molecule has 0 spiro atoms. The molecule has 7 rings (SSSR count). The number of carbonyl (C=O) groups excluding carboxylic acids is 3. The number of imidazole rings is 1. The number of aromatic nitrogens is 6. The quantitative estimate of drug-likeness (QED) is 0.172. The maximum absolute atomic E-state index is 13.9. The van der Waals surface area contributed by atoms with Crippen LogP contribution in [0.15, 0.2) is 137 Å². The van der Waals surface area contributed by atoms with E-state index in [1.54, 1.807) is 85.8 Å². The number of nitrogens with zero attached hydrogens (tertiary/aromatic N) is 7. The van der Waals surface area contributed by atoms with Crippen LogP contribution in [0.5, 0.6) is 0 Å². The Bertz CT molecular complexity index is 2770. The van der Waals surface area contributed by atoms with Crippen molar-refractivity contribution < 1.29 is 14.4 Å². The fourth-order valence-electron chi connectivity index (χ4n) is 6.11. The van der Waals surface area contributed by atoms with Gasteiger partial charge in [-0.15, -0.1) is 0 Å². The van der Waals surface area contributed by atoms with Crippen molar-refractivity contribution in [2.45, 2.75) is 26.9 Å². The molecule has 0 radical (unpaired) electrons. The minimum absolute atomic E-state index is 0.167. The molecular weight excluding hydrogens is 735 g/mol. The highest BCUT2D eigenvalue weighted by Gasteiger charge is 2.18. The highest BCUT2D eigenvalue weighted by atomic mass is 16.2. The smallest absolute Gasteiger partial charge is 0.276 e. The van der Waals surface area contributed by atoms with Gasteiger partial charge in [0.05, 0.1) is 29.0 Å². The molecule has 4 aromatic carbocycles. The molecule has 290 valence electrons. The lowest BCUT2D eigenvalue weighted by molar-refractivity contribution is -0.117. The Labute approximate surface area is 333 Å². The van der Waals surface area contributed by atoms with Crippen molar-refractivity contribution in [1.82, 2.24) is 34.0 Å². The molecule has 0 aliphatic rings. The lowest BCUT2D eigenvalue weighted by atomic mass is 10.1. The summed E-state index contributed by atoms with van der Waals surface area (Å²) < 4.78 is 3.93. The van der Waals surface area contributed by atoms with Crippen LogP contribution < -0.4 is 21.8 Å². The van der Waals surface area contributed by atoms with Crippen LogP contribution >= 0.6 is 0 Å². The number of hydrogen-bond acceptors (Lipinski definition) is 8. The SMILES string of the molecule is Cc1ccc(-c2ccc(=O)n(CC(=O)Nc3cccc(-n4cnc(-c5cc(-c6ccc(C)cc6)nn(CC(=O)Nc6ccc(C(=O)N(C)C)cc6)c5=O)c4)c3)n2)cc1. The Morgan fingerprint density at radius 3 is 1.90 bits per heavy atom. The third-order valence-electron chi connectivity index (χ3n) is 9.23. The topological polar surface area (TPSA) is 166 Å². The number of carbonyl (C=O) groups is 3. The van der Waals surface area contributed by atoms with Gasteiger partial charge in [0.1, 0.15) is 13.1 Å². The van der Waals surface area contributed by atoms with Gasteiger partial charge in [-0.3, -0.25) is 24.0 Å². The molecular formula is C44H39N9O5. The van der Waals surface area contributed by atoms with Gasteiger partial charge < -0.3 is 20.1 Å². The number of aryl methyl sites for hydroxylation is 2. The molecule has 58 heavy (non-hydrogen) atoms. The van der Waals surface area contributed by atoms with Gasteiger partial charge in [-0.2, -0.15) is 10.2 Å². The van der Waals surface area contributed by atoms with E-state index >= 15 is 0 Å². The van der Waals surface area contributed by atoms with Crippen LogP contribution in [0.3, 0.4) is 0 Å². The number of anilines is 2. The number of rotatable bonds is 11. The molecule has 2 N–H and O–H groups in total. The maximum atomic E-state index is 13.9. The van der Waals surface area contributed by atoms with Crippen molar-refractivity contribution in [2.24, 2.45) is 0 Å². The number of amides is 3. The second-order valence-electron chi connectivity index (χ2n) is 13.9. The summed E-state index contributed by atoms with van der Waals surface area (Å²) in [7, 11) is 3.32. The van der Waals surface area contributed by atoms with E-state index in [0.29, 0.717) is 39.7 Å². The van der Waals surface area contributed by atoms with E-state index in [9.17, 15) is 24.0 Å². The predicted octanol–water partition coefficient (Wildman–Crippen LogP) is 5.58. The van der Waals surface area contributed by atoms with Crippen molar-refractivity contribution in [3.8, 4) is 39.5 Å². The molecule has 0 bridgehead atoms. The van der Waals surface area contributed by atoms with E-state index in [0.717, 1.165) is 31.6 Å². The highest BCUT2D eigenvalue weighted by molar-refractivity contribution is 5.95. The third-order valence-corrected chi connectivity index (χ3v) is 9.23. The highest BCUT2D eigenvalue weighted by Crippen LogP contribution is 2.24. The lowest BCUT2D eigenvalue weighted by Crippen LogP contribution is -2.31. The van der Waals surface area contributed by atoms with Gasteiger partial charge in [0.25, 0.3) is 17.0 Å². The van der Waals surface area contributed by atoms with Gasteiger partial charge in [0.2, 0.25) is 11.8 Å². The van der Waals surface area contributed by atoms with Crippen LogP contribution in [-0.2, 0) is 22.7 Å². The molecule has 0 saturated carbocycles. The third kappa shape index (κ3) is 8.87. The molecule has 3 amide bonds. The lowest BCUT2D eigenvalue weighted by Gasteiger charge is -2.12. The molecule has 14 nitrogen and oxygen atoms in total. The van der Waals surface area contributed by atoms with Gasteiger partial charge in [0, 0.05) is 60.1 Å². The van der Waals surface area contributed by atoms with Gasteiger partial charge in [-0.1, -0.05) is 65.7 Å². The molecule has 7 aromatic rings. The van der Waals surface area contributed by atoms with Crippen LogP contribution in [0.4, 0.5) is 11.4 Å². The number of benzene rings is 4. The molecule has 0 atom stereocenters. The summed E-state index contributed by atoms with van der Waals surface area (Å²) in [6.07, 6.45) is 3.22. The Morgan fingerprint density at radius 1 is 0.638 bits per heavy atom. The zero-order valence-corrected chi connectivity index (χ0v) is 32.2. The minimum Gasteiger partial charge on any atom is -0.345 e. The molecule has 3 aromatic heterocycles. The van der Waals surface area contributed by atoms with E-state index in [1.807, 2.05) is 68.4 Å². The van der Waals surface area contributed by atoms with Gasteiger partial charge in [-0.25, -0.2) is 14.3 Å². The van der Waals surface area contributed by atoms with E-state index in [-0.39, 0.29) is 24.6 Å². The van der Waals surface area contributed by atoms with Crippen LogP contribution in [0.2, 0.25) is 0 Å². The predicted molar refractivity (Wildman–Crippen MR) is 222 cm³/mol. The van der Waals surface area contributed by atoms with Crippen LogP contribution in [0, 0.1) is 13.8 Å². The fourth-order valence-corrected chi connectivity index (χ4v) is 6.11. The Kier molecular flexibility index (Phi) is 11.0. The monoisotopic (exact) mass is 773 g/mol. The van der Waals surface area contributed by atoms with Crippen LogP contribution in [-0.4, -0.2) is 65.8 Å². The average Bonchev–Trinajstić information content (AvgIpc) is 3.71. The number of nitrogens with one attached hydrogen (secondary N) is 2. The van der Waals surface area contributed by atoms with Gasteiger partial charge in [-0.05, 0) is 68.4 Å². The first-order chi connectivity index (χ1) is 27.9. The van der Waals surface area contributed by atoms with Crippen molar-refractivity contribution in [3.05, 3.63) is 165 Å².